The van der Waals surface area contributed by atoms with Crippen molar-refractivity contribution in [1.29, 1.82) is 0 Å². The maximum atomic E-state index is 12.4. The minimum atomic E-state index is -0.129. The van der Waals surface area contributed by atoms with Gasteiger partial charge in [0.25, 0.3) is 0 Å². The van der Waals surface area contributed by atoms with Crippen LogP contribution in [0.4, 0.5) is 0 Å². The summed E-state index contributed by atoms with van der Waals surface area (Å²) in [7, 11) is 0. The molecular weight excluding hydrogens is 368 g/mol. The van der Waals surface area contributed by atoms with Crippen molar-refractivity contribution in [2.24, 2.45) is 0 Å². The number of fused-ring (bicyclic) bond motifs is 2. The molecule has 5 rings (SSSR count). The second kappa shape index (κ2) is 7.51. The third-order valence-corrected chi connectivity index (χ3v) is 5.19. The molecule has 0 bridgehead atoms. The normalized spacial score (nSPS) is 14.3. The molecular formula is C24H20O5. The second-order valence-corrected chi connectivity index (χ2v) is 7.14. The lowest BCUT2D eigenvalue weighted by Crippen LogP contribution is -1.95. The fourth-order valence-corrected chi connectivity index (χ4v) is 3.66. The molecule has 0 fully saturated rings. The molecule has 0 amide bonds. The molecule has 146 valence electrons. The first-order valence-electron chi connectivity index (χ1n) is 9.70. The van der Waals surface area contributed by atoms with E-state index in [9.17, 15) is 4.79 Å². The van der Waals surface area contributed by atoms with Gasteiger partial charge < -0.3 is 18.6 Å². The first-order valence-corrected chi connectivity index (χ1v) is 9.70. The van der Waals surface area contributed by atoms with E-state index in [-0.39, 0.29) is 12.6 Å². The molecule has 2 aromatic carbocycles. The molecule has 3 aromatic rings. The monoisotopic (exact) mass is 388 g/mol. The summed E-state index contributed by atoms with van der Waals surface area (Å²) in [4.78, 5) is 12.4. The number of carbonyl (C=O) groups excluding carboxylic acids is 1. The summed E-state index contributed by atoms with van der Waals surface area (Å²) >= 11 is 0. The third kappa shape index (κ3) is 3.76. The average molecular weight is 388 g/mol. The Balaban J connectivity index is 1.20. The molecule has 1 aliphatic carbocycles. The molecule has 0 N–H and O–H groups in total. The highest BCUT2D eigenvalue weighted by Crippen LogP contribution is 2.32. The number of ether oxygens (including phenoxy) is 3. The van der Waals surface area contributed by atoms with E-state index in [2.05, 4.69) is 12.1 Å². The third-order valence-electron chi connectivity index (χ3n) is 5.19. The predicted octanol–water partition coefficient (Wildman–Crippen LogP) is 4.97. The van der Waals surface area contributed by atoms with Crippen LogP contribution in [-0.2, 0) is 19.4 Å². The van der Waals surface area contributed by atoms with Gasteiger partial charge in [0.1, 0.15) is 23.9 Å². The molecule has 2 aliphatic rings. The van der Waals surface area contributed by atoms with Crippen molar-refractivity contribution in [3.63, 3.8) is 0 Å². The summed E-state index contributed by atoms with van der Waals surface area (Å²) < 4.78 is 22.2. The van der Waals surface area contributed by atoms with E-state index in [1.807, 2.05) is 18.2 Å². The number of hydrogen-bond acceptors (Lipinski definition) is 5. The van der Waals surface area contributed by atoms with Crippen molar-refractivity contribution in [1.82, 2.24) is 0 Å². The maximum Gasteiger partial charge on any atom is 0.231 e. The number of aryl methyl sites for hydroxylation is 2. The number of furan rings is 1. The van der Waals surface area contributed by atoms with Crippen LogP contribution in [0.1, 0.15) is 39.4 Å². The van der Waals surface area contributed by atoms with Crippen LogP contribution in [0.3, 0.4) is 0 Å². The molecule has 0 spiro atoms. The summed E-state index contributed by atoms with van der Waals surface area (Å²) in [5, 5.41) is 0. The fraction of sp³-hybridized carbons (Fsp3) is 0.208. The number of allylic oxidation sites excluding steroid dienone is 1. The van der Waals surface area contributed by atoms with Gasteiger partial charge in [-0.05, 0) is 85.0 Å². The Hall–Kier alpha value is -3.47. The Kier molecular flexibility index (Phi) is 4.56. The van der Waals surface area contributed by atoms with Crippen LogP contribution in [0.25, 0.3) is 6.08 Å². The minimum absolute atomic E-state index is 0.129. The highest BCUT2D eigenvalue weighted by atomic mass is 16.7. The van der Waals surface area contributed by atoms with Gasteiger partial charge in [-0.25, -0.2) is 0 Å². The van der Waals surface area contributed by atoms with Gasteiger partial charge in [0.05, 0.1) is 0 Å². The fourth-order valence-electron chi connectivity index (χ4n) is 3.66. The first kappa shape index (κ1) is 17.6. The van der Waals surface area contributed by atoms with E-state index >= 15 is 0 Å². The van der Waals surface area contributed by atoms with Crippen LogP contribution in [0, 0.1) is 0 Å². The molecule has 0 saturated carbocycles. The first-order chi connectivity index (χ1) is 14.2. The maximum absolute atomic E-state index is 12.4. The Morgan fingerprint density at radius 3 is 2.83 bits per heavy atom. The Morgan fingerprint density at radius 1 is 0.966 bits per heavy atom. The molecule has 5 heteroatoms. The summed E-state index contributed by atoms with van der Waals surface area (Å²) in [6.07, 6.45) is 6.65. The van der Waals surface area contributed by atoms with Gasteiger partial charge >= 0.3 is 0 Å². The van der Waals surface area contributed by atoms with E-state index < -0.39 is 0 Å². The molecule has 0 saturated heterocycles. The quantitative estimate of drug-likeness (QED) is 0.441. The van der Waals surface area contributed by atoms with Crippen LogP contribution in [0.15, 0.2) is 59.0 Å². The van der Waals surface area contributed by atoms with Gasteiger partial charge in [0, 0.05) is 5.56 Å². The highest BCUT2D eigenvalue weighted by Gasteiger charge is 2.15. The standard InChI is InChI=1S/C24H20O5/c25-22(18-5-11-23-24(13-18)28-15-27-23)10-9-19-7-8-21(29-19)14-26-20-6-4-16-2-1-3-17(16)12-20/h4-13H,1-3,14-15H2/b10-9+. The molecule has 29 heavy (non-hydrogen) atoms. The van der Waals surface area contributed by atoms with Crippen molar-refractivity contribution in [2.45, 2.75) is 25.9 Å². The number of ketones is 1. The van der Waals surface area contributed by atoms with Gasteiger partial charge in [-0.1, -0.05) is 6.07 Å². The van der Waals surface area contributed by atoms with E-state index in [0.717, 1.165) is 18.6 Å². The molecule has 0 radical (unpaired) electrons. The summed E-state index contributed by atoms with van der Waals surface area (Å²) in [5.41, 5.74) is 3.35. The zero-order valence-electron chi connectivity index (χ0n) is 15.9. The van der Waals surface area contributed by atoms with E-state index in [4.69, 9.17) is 18.6 Å². The predicted molar refractivity (Wildman–Crippen MR) is 107 cm³/mol. The zero-order valence-corrected chi connectivity index (χ0v) is 15.9. The molecule has 2 heterocycles. The smallest absolute Gasteiger partial charge is 0.231 e. The van der Waals surface area contributed by atoms with Crippen LogP contribution in [0.2, 0.25) is 0 Å². The average Bonchev–Trinajstić information content (AvgIpc) is 3.50. The SMILES string of the molecule is O=C(/C=C/c1ccc(COc2ccc3c(c2)CCC3)o1)c1ccc2c(c1)OCO2. The topological polar surface area (TPSA) is 57.9 Å². The molecule has 1 aliphatic heterocycles. The summed E-state index contributed by atoms with van der Waals surface area (Å²) in [6, 6.07) is 15.1. The van der Waals surface area contributed by atoms with E-state index in [1.165, 1.54) is 23.6 Å². The van der Waals surface area contributed by atoms with Gasteiger partial charge in [-0.2, -0.15) is 0 Å². The summed E-state index contributed by atoms with van der Waals surface area (Å²) in [6.45, 7) is 0.536. The number of rotatable bonds is 6. The molecule has 0 unspecified atom stereocenters. The van der Waals surface area contributed by atoms with Crippen LogP contribution in [0.5, 0.6) is 17.2 Å². The second-order valence-electron chi connectivity index (χ2n) is 7.14. The van der Waals surface area contributed by atoms with Crippen LogP contribution < -0.4 is 14.2 Å². The lowest BCUT2D eigenvalue weighted by atomic mass is 10.1. The minimum Gasteiger partial charge on any atom is -0.486 e. The van der Waals surface area contributed by atoms with Gasteiger partial charge in [-0.15, -0.1) is 0 Å². The Morgan fingerprint density at radius 2 is 1.86 bits per heavy atom. The van der Waals surface area contributed by atoms with Crippen molar-refractivity contribution in [3.05, 3.63) is 82.8 Å². The Bertz CT molecular complexity index is 1090. The lowest BCUT2D eigenvalue weighted by molar-refractivity contribution is 0.104. The molecule has 5 nitrogen and oxygen atoms in total. The lowest BCUT2D eigenvalue weighted by Gasteiger charge is -2.06. The largest absolute Gasteiger partial charge is 0.486 e. The van der Waals surface area contributed by atoms with Gasteiger partial charge in [0.15, 0.2) is 17.3 Å². The van der Waals surface area contributed by atoms with E-state index in [0.29, 0.717) is 35.2 Å². The highest BCUT2D eigenvalue weighted by molar-refractivity contribution is 6.07. The number of benzene rings is 2. The number of carbonyl (C=O) groups is 1. The van der Waals surface area contributed by atoms with Crippen molar-refractivity contribution in [2.75, 3.05) is 6.79 Å². The molecule has 1 aromatic heterocycles. The summed E-state index contributed by atoms with van der Waals surface area (Å²) in [5.74, 6) is 3.29. The zero-order chi connectivity index (χ0) is 19.6. The van der Waals surface area contributed by atoms with Gasteiger partial charge in [-0.3, -0.25) is 4.79 Å². The molecule has 0 atom stereocenters. The van der Waals surface area contributed by atoms with Crippen LogP contribution >= 0.6 is 0 Å². The van der Waals surface area contributed by atoms with Crippen molar-refractivity contribution >= 4 is 11.9 Å². The van der Waals surface area contributed by atoms with Gasteiger partial charge in [0.2, 0.25) is 6.79 Å². The number of hydrogen-bond donors (Lipinski definition) is 0. The van der Waals surface area contributed by atoms with Crippen molar-refractivity contribution < 1.29 is 23.4 Å². The van der Waals surface area contributed by atoms with E-state index in [1.54, 1.807) is 24.3 Å². The Labute approximate surface area is 168 Å². The van der Waals surface area contributed by atoms with Crippen molar-refractivity contribution in [3.8, 4) is 17.2 Å². The van der Waals surface area contributed by atoms with Crippen LogP contribution in [-0.4, -0.2) is 12.6 Å².